The van der Waals surface area contributed by atoms with Gasteiger partial charge in [0.25, 0.3) is 5.19 Å². The molecule has 0 aliphatic rings. The maximum atomic E-state index is 13.3. The lowest BCUT2D eigenvalue weighted by Gasteiger charge is -2.15. The molecule has 0 radical (unpaired) electrons. The van der Waals surface area contributed by atoms with Crippen molar-refractivity contribution in [2.24, 2.45) is 10.9 Å². The Morgan fingerprint density at radius 2 is 1.77 bits per heavy atom. The van der Waals surface area contributed by atoms with Crippen molar-refractivity contribution in [1.82, 2.24) is 19.1 Å². The van der Waals surface area contributed by atoms with Crippen molar-refractivity contribution in [1.29, 1.82) is 0 Å². The average Bonchev–Trinajstić information content (AvgIpc) is 3.37. The predicted octanol–water partition coefficient (Wildman–Crippen LogP) is 2.12. The molecule has 4 rings (SSSR count). The van der Waals surface area contributed by atoms with Gasteiger partial charge in [0, 0.05) is 42.3 Å². The van der Waals surface area contributed by atoms with E-state index in [-0.39, 0.29) is 31.9 Å². The van der Waals surface area contributed by atoms with E-state index in [0.29, 0.717) is 21.7 Å². The van der Waals surface area contributed by atoms with Crippen LogP contribution in [0.2, 0.25) is 5.02 Å². The van der Waals surface area contributed by atoms with Crippen LogP contribution in [0.25, 0.3) is 0 Å². The summed E-state index contributed by atoms with van der Waals surface area (Å²) in [6.45, 7) is -0.785. The topological polar surface area (TPSA) is 135 Å². The lowest BCUT2D eigenvalue weighted by atomic mass is 10.2. The van der Waals surface area contributed by atoms with E-state index in [4.69, 9.17) is 16.3 Å². The Balaban J connectivity index is 1.75. The zero-order chi connectivity index (χ0) is 24.8. The van der Waals surface area contributed by atoms with E-state index in [9.17, 15) is 19.8 Å². The third kappa shape index (κ3) is 6.14. The second-order valence-electron chi connectivity index (χ2n) is 7.60. The van der Waals surface area contributed by atoms with Crippen molar-refractivity contribution in [3.05, 3.63) is 97.3 Å². The minimum absolute atomic E-state index is 0.0457. The van der Waals surface area contributed by atoms with E-state index in [1.165, 1.54) is 15.9 Å². The molecule has 0 spiro atoms. The van der Waals surface area contributed by atoms with Gasteiger partial charge >= 0.3 is 11.4 Å². The molecule has 0 aliphatic carbocycles. The third-order valence-corrected chi connectivity index (χ3v) is 5.98. The summed E-state index contributed by atoms with van der Waals surface area (Å²) in [6.07, 6.45) is 1.64. The van der Waals surface area contributed by atoms with Crippen LogP contribution < -0.4 is 21.7 Å². The number of aliphatic hydroxyl groups excluding tert-OH is 2. The Labute approximate surface area is 208 Å². The van der Waals surface area contributed by atoms with E-state index in [2.05, 4.69) is 15.0 Å². The zero-order valence-corrected chi connectivity index (χ0v) is 19.9. The van der Waals surface area contributed by atoms with Crippen LogP contribution in [-0.4, -0.2) is 42.5 Å². The van der Waals surface area contributed by atoms with Gasteiger partial charge in [-0.15, -0.1) is 0 Å². The molecular formula is C23H22ClN5O5S. The van der Waals surface area contributed by atoms with Crippen molar-refractivity contribution in [2.45, 2.75) is 13.1 Å². The van der Waals surface area contributed by atoms with Crippen LogP contribution >= 0.6 is 22.9 Å². The molecule has 3 N–H and O–H groups in total. The first-order valence-electron chi connectivity index (χ1n) is 10.6. The highest BCUT2D eigenvalue weighted by molar-refractivity contribution is 7.11. The highest BCUT2D eigenvalue weighted by Crippen LogP contribution is 2.25. The molecule has 0 bridgehead atoms. The number of ether oxygens (including phenoxy) is 1. The van der Waals surface area contributed by atoms with Crippen LogP contribution in [0.3, 0.4) is 0 Å². The molecule has 2 aromatic heterocycles. The summed E-state index contributed by atoms with van der Waals surface area (Å²) in [4.78, 5) is 37.2. The molecular weight excluding hydrogens is 494 g/mol. The Kier molecular flexibility index (Phi) is 7.93. The number of benzene rings is 2. The predicted molar refractivity (Wildman–Crippen MR) is 131 cm³/mol. The second-order valence-corrected chi connectivity index (χ2v) is 8.89. The normalized spacial score (nSPS) is 11.8. The van der Waals surface area contributed by atoms with Crippen molar-refractivity contribution in [3.63, 3.8) is 0 Å². The standard InChI is InChI=1S/C23H22ClN5O5S/c24-17-3-1-15(2-4-17)11-28-20(27-21(32)29(23(28)33)12-16(13-30)14-31)26-18-5-7-19(8-6-18)34-22-25-9-10-35-22/h1-10,16,30-31H,11-14H2,(H,26,27,32). The molecule has 4 aromatic rings. The maximum Gasteiger partial charge on any atom is 0.335 e. The van der Waals surface area contributed by atoms with Crippen LogP contribution in [0, 0.1) is 5.92 Å². The first-order chi connectivity index (χ1) is 17.0. The molecule has 0 fully saturated rings. The highest BCUT2D eigenvalue weighted by Gasteiger charge is 2.14. The molecule has 35 heavy (non-hydrogen) atoms. The van der Waals surface area contributed by atoms with Gasteiger partial charge in [-0.1, -0.05) is 35.1 Å². The van der Waals surface area contributed by atoms with Crippen molar-refractivity contribution in [2.75, 3.05) is 13.2 Å². The molecule has 182 valence electrons. The lowest BCUT2D eigenvalue weighted by molar-refractivity contribution is 0.134. The summed E-state index contributed by atoms with van der Waals surface area (Å²) < 4.78 is 7.90. The monoisotopic (exact) mass is 515 g/mol. The molecule has 10 nitrogen and oxygen atoms in total. The van der Waals surface area contributed by atoms with Gasteiger partial charge in [0.2, 0.25) is 5.62 Å². The van der Waals surface area contributed by atoms with Crippen LogP contribution in [0.15, 0.2) is 74.7 Å². The summed E-state index contributed by atoms with van der Waals surface area (Å²) in [5.74, 6) is -0.0955. The lowest BCUT2D eigenvalue weighted by Crippen LogP contribution is -2.51. The number of nitrogens with one attached hydrogen (secondary N) is 1. The number of rotatable bonds is 9. The summed E-state index contributed by atoms with van der Waals surface area (Å²) in [7, 11) is 0. The van der Waals surface area contributed by atoms with E-state index in [0.717, 1.165) is 10.1 Å². The fourth-order valence-electron chi connectivity index (χ4n) is 3.22. The molecule has 0 atom stereocenters. The Morgan fingerprint density at radius 1 is 1.06 bits per heavy atom. The largest absolute Gasteiger partial charge is 0.431 e. The molecule has 0 aliphatic heterocycles. The van der Waals surface area contributed by atoms with E-state index >= 15 is 0 Å². The van der Waals surface area contributed by atoms with Gasteiger partial charge in [-0.25, -0.2) is 24.1 Å². The second kappa shape index (κ2) is 11.3. The Bertz CT molecular complexity index is 1440. The summed E-state index contributed by atoms with van der Waals surface area (Å²) in [6, 6.07) is 13.7. The fourth-order valence-corrected chi connectivity index (χ4v) is 3.85. The summed E-state index contributed by atoms with van der Waals surface area (Å²) in [5.41, 5.74) is -0.0310. The molecule has 0 unspecified atom stereocenters. The number of aromatic amines is 1. The number of hydrogen-bond acceptors (Lipinski definition) is 8. The molecule has 2 aromatic carbocycles. The number of H-pyrrole nitrogens is 1. The van der Waals surface area contributed by atoms with E-state index in [1.54, 1.807) is 60.1 Å². The van der Waals surface area contributed by atoms with Gasteiger partial charge in [0.05, 0.1) is 12.2 Å². The van der Waals surface area contributed by atoms with Gasteiger partial charge in [-0.05, 0) is 42.0 Å². The van der Waals surface area contributed by atoms with Crippen molar-refractivity contribution < 1.29 is 14.9 Å². The average molecular weight is 516 g/mol. The van der Waals surface area contributed by atoms with Crippen LogP contribution in [0.1, 0.15) is 5.56 Å². The first kappa shape index (κ1) is 24.6. The van der Waals surface area contributed by atoms with Gasteiger partial charge in [0.15, 0.2) is 0 Å². The number of nitrogens with zero attached hydrogens (tertiary/aromatic N) is 4. The number of aromatic nitrogens is 4. The smallest absolute Gasteiger partial charge is 0.335 e. The van der Waals surface area contributed by atoms with Gasteiger partial charge in [-0.2, -0.15) is 0 Å². The Hall–Kier alpha value is -3.51. The maximum absolute atomic E-state index is 13.3. The molecule has 0 amide bonds. The summed E-state index contributed by atoms with van der Waals surface area (Å²) >= 11 is 7.34. The quantitative estimate of drug-likeness (QED) is 0.312. The third-order valence-electron chi connectivity index (χ3n) is 5.08. The first-order valence-corrected chi connectivity index (χ1v) is 11.8. The minimum atomic E-state index is -0.697. The van der Waals surface area contributed by atoms with Crippen molar-refractivity contribution in [3.8, 4) is 10.9 Å². The van der Waals surface area contributed by atoms with Crippen LogP contribution in [0.4, 0.5) is 5.69 Å². The Morgan fingerprint density at radius 3 is 2.40 bits per heavy atom. The molecule has 12 heteroatoms. The molecule has 0 saturated carbocycles. The number of thiazole rings is 1. The summed E-state index contributed by atoms with van der Waals surface area (Å²) in [5, 5.41) is 21.7. The van der Waals surface area contributed by atoms with Gasteiger partial charge in [-0.3, -0.25) is 9.55 Å². The fraction of sp³-hybridized carbons (Fsp3) is 0.217. The van der Waals surface area contributed by atoms with E-state index in [1.807, 2.05) is 0 Å². The molecule has 2 heterocycles. The van der Waals surface area contributed by atoms with E-state index < -0.39 is 17.3 Å². The van der Waals surface area contributed by atoms with Crippen LogP contribution in [-0.2, 0) is 13.1 Å². The number of hydrogen-bond donors (Lipinski definition) is 3. The van der Waals surface area contributed by atoms with Gasteiger partial charge in [0.1, 0.15) is 5.75 Å². The van der Waals surface area contributed by atoms with Gasteiger partial charge < -0.3 is 14.9 Å². The minimum Gasteiger partial charge on any atom is -0.431 e. The number of aliphatic hydroxyl groups is 2. The SMILES string of the molecule is O=c1[nH]/c(=N\c2ccc(Oc3nccs3)cc2)n(Cc2ccc(Cl)cc2)c(=O)n1CC(CO)CO. The van der Waals surface area contributed by atoms with Crippen molar-refractivity contribution >= 4 is 28.6 Å². The van der Waals surface area contributed by atoms with Crippen LogP contribution in [0.5, 0.6) is 10.9 Å². The zero-order valence-electron chi connectivity index (χ0n) is 18.4. The molecule has 0 saturated heterocycles. The number of halogens is 1. The highest BCUT2D eigenvalue weighted by atomic mass is 35.5.